The third kappa shape index (κ3) is 2.72. The first-order chi connectivity index (χ1) is 12.0. The predicted molar refractivity (Wildman–Crippen MR) is 91.0 cm³/mol. The Balaban J connectivity index is 1.90. The fraction of sp³-hybridized carbons (Fsp3) is 0.471. The second-order valence-corrected chi connectivity index (χ2v) is 7.11. The highest BCUT2D eigenvalue weighted by molar-refractivity contribution is 6.34. The Morgan fingerprint density at radius 1 is 1.24 bits per heavy atom. The van der Waals surface area contributed by atoms with Crippen molar-refractivity contribution in [1.29, 1.82) is 0 Å². The van der Waals surface area contributed by atoms with Crippen molar-refractivity contribution in [3.05, 3.63) is 28.3 Å². The second-order valence-electron chi connectivity index (χ2n) is 6.67. The minimum atomic E-state index is -1.68. The molecule has 2 fully saturated rings. The van der Waals surface area contributed by atoms with Crippen molar-refractivity contribution in [3.63, 3.8) is 0 Å². The van der Waals surface area contributed by atoms with E-state index in [9.17, 15) is 19.5 Å². The number of amides is 1. The summed E-state index contributed by atoms with van der Waals surface area (Å²) in [5, 5.41) is 16.5. The summed E-state index contributed by atoms with van der Waals surface area (Å²) in [5.74, 6) is -4.38. The molecule has 0 spiro atoms. The molecule has 1 saturated carbocycles. The summed E-state index contributed by atoms with van der Waals surface area (Å²) in [6, 6.07) is 3.09. The van der Waals surface area contributed by atoms with Gasteiger partial charge in [-0.1, -0.05) is 11.6 Å². The molecule has 0 bridgehead atoms. The van der Waals surface area contributed by atoms with Crippen molar-refractivity contribution in [2.24, 2.45) is 5.92 Å². The lowest BCUT2D eigenvalue weighted by Crippen LogP contribution is -2.50. The smallest absolute Gasteiger partial charge is 0.324 e. The van der Waals surface area contributed by atoms with Crippen LogP contribution in [0.2, 0.25) is 5.02 Å². The number of piperazine rings is 1. The number of Topliss-reactive ketones (excluding diaryl/α,β-unsaturated/α-hetero) is 1. The predicted octanol–water partition coefficient (Wildman–Crippen LogP) is 0.966. The van der Waals surface area contributed by atoms with Gasteiger partial charge < -0.3 is 20.6 Å². The minimum absolute atomic E-state index is 0.0510. The molecule has 3 aliphatic rings. The van der Waals surface area contributed by atoms with Crippen molar-refractivity contribution >= 4 is 34.9 Å². The summed E-state index contributed by atoms with van der Waals surface area (Å²) in [6.07, 6.45) is 1.60. The monoisotopic (exact) mass is 363 g/mol. The van der Waals surface area contributed by atoms with Crippen molar-refractivity contribution in [2.45, 2.75) is 24.9 Å². The van der Waals surface area contributed by atoms with Crippen molar-refractivity contribution in [3.8, 4) is 0 Å². The third-order valence-electron chi connectivity index (χ3n) is 4.94. The van der Waals surface area contributed by atoms with Crippen molar-refractivity contribution < 1.29 is 19.5 Å². The molecule has 4 rings (SSSR count). The maximum Gasteiger partial charge on any atom is 0.324 e. The molecule has 2 unspecified atom stereocenters. The summed E-state index contributed by atoms with van der Waals surface area (Å²) in [5.41, 5.74) is 1.42. The number of carboxylic acids is 1. The lowest BCUT2D eigenvalue weighted by Gasteiger charge is -2.35. The Morgan fingerprint density at radius 3 is 2.60 bits per heavy atom. The maximum atomic E-state index is 12.9. The van der Waals surface area contributed by atoms with Crippen LogP contribution >= 0.6 is 11.6 Å². The van der Waals surface area contributed by atoms with E-state index in [0.29, 0.717) is 28.4 Å². The van der Waals surface area contributed by atoms with Crippen molar-refractivity contribution in [1.82, 2.24) is 10.6 Å². The fourth-order valence-electron chi connectivity index (χ4n) is 3.66. The van der Waals surface area contributed by atoms with Crippen LogP contribution in [0.25, 0.3) is 0 Å². The standard InChI is InChI=1S/C17H18ClN3O4/c18-8-5-10(11-7-19-3-4-20-11)13-12(6-8)21(9-1-2-9)16(23)14(15(13)22)17(24)25/h5-6,9,11,14,19-20H,1-4,7H2,(H,24,25). The van der Waals surface area contributed by atoms with Crippen LogP contribution in [0.15, 0.2) is 12.1 Å². The van der Waals surface area contributed by atoms with Crippen LogP contribution in [0.1, 0.15) is 34.8 Å². The first-order valence-electron chi connectivity index (χ1n) is 8.36. The van der Waals surface area contributed by atoms with E-state index >= 15 is 0 Å². The van der Waals surface area contributed by atoms with E-state index in [4.69, 9.17) is 11.6 Å². The van der Waals surface area contributed by atoms with Gasteiger partial charge >= 0.3 is 5.97 Å². The van der Waals surface area contributed by atoms with Gasteiger partial charge in [-0.15, -0.1) is 0 Å². The summed E-state index contributed by atoms with van der Waals surface area (Å²) in [6.45, 7) is 2.15. The Kier molecular flexibility index (Phi) is 4.02. The molecule has 25 heavy (non-hydrogen) atoms. The molecule has 132 valence electrons. The lowest BCUT2D eigenvalue weighted by atomic mass is 9.84. The van der Waals surface area contributed by atoms with Gasteiger partial charge in [0, 0.05) is 42.3 Å². The molecule has 2 aliphatic heterocycles. The lowest BCUT2D eigenvalue weighted by molar-refractivity contribution is -0.144. The number of carbonyl (C=O) groups is 3. The molecule has 1 aliphatic carbocycles. The Bertz CT molecular complexity index is 771. The Labute approximate surface area is 149 Å². The number of ketones is 1. The van der Waals surface area contributed by atoms with E-state index in [1.165, 1.54) is 4.90 Å². The average Bonchev–Trinajstić information content (AvgIpc) is 3.39. The van der Waals surface area contributed by atoms with Gasteiger partial charge in [0.05, 0.1) is 5.69 Å². The number of carboxylic acid groups (broad SMARTS) is 1. The van der Waals surface area contributed by atoms with Gasteiger partial charge in [0.15, 0.2) is 11.7 Å². The number of aliphatic carboxylic acids is 1. The van der Waals surface area contributed by atoms with Crippen molar-refractivity contribution in [2.75, 3.05) is 24.5 Å². The largest absolute Gasteiger partial charge is 0.480 e. The van der Waals surface area contributed by atoms with Gasteiger partial charge in [0.25, 0.3) is 0 Å². The first-order valence-corrected chi connectivity index (χ1v) is 8.74. The number of nitrogens with one attached hydrogen (secondary N) is 2. The van der Waals surface area contributed by atoms with Crippen LogP contribution in [0.5, 0.6) is 0 Å². The minimum Gasteiger partial charge on any atom is -0.480 e. The molecule has 1 amide bonds. The van der Waals surface area contributed by atoms with E-state index in [1.54, 1.807) is 12.1 Å². The summed E-state index contributed by atoms with van der Waals surface area (Å²) in [7, 11) is 0. The molecular formula is C17H18ClN3O4. The van der Waals surface area contributed by atoms with E-state index in [2.05, 4.69) is 10.6 Å². The first kappa shape index (κ1) is 16.5. The molecular weight excluding hydrogens is 346 g/mol. The van der Waals surface area contributed by atoms with Crippen LogP contribution in [0, 0.1) is 5.92 Å². The molecule has 7 nitrogen and oxygen atoms in total. The molecule has 2 heterocycles. The highest BCUT2D eigenvalue weighted by Crippen LogP contribution is 2.43. The van der Waals surface area contributed by atoms with Crippen LogP contribution in [0.3, 0.4) is 0 Å². The van der Waals surface area contributed by atoms with Gasteiger partial charge in [0.2, 0.25) is 5.91 Å². The molecule has 1 aromatic rings. The number of fused-ring (bicyclic) bond motifs is 1. The highest BCUT2D eigenvalue weighted by Gasteiger charge is 2.49. The highest BCUT2D eigenvalue weighted by atomic mass is 35.5. The number of anilines is 1. The van der Waals surface area contributed by atoms with E-state index in [0.717, 1.165) is 25.9 Å². The fourth-order valence-corrected chi connectivity index (χ4v) is 3.88. The normalized spacial score (nSPS) is 26.5. The molecule has 1 aromatic carbocycles. The topological polar surface area (TPSA) is 98.7 Å². The van der Waals surface area contributed by atoms with E-state index in [-0.39, 0.29) is 12.1 Å². The molecule has 3 N–H and O–H groups in total. The number of rotatable bonds is 3. The Hall–Kier alpha value is -1.96. The van der Waals surface area contributed by atoms with Gasteiger partial charge in [-0.3, -0.25) is 14.4 Å². The van der Waals surface area contributed by atoms with Crippen LogP contribution in [-0.2, 0) is 9.59 Å². The zero-order valence-corrected chi connectivity index (χ0v) is 14.2. The molecule has 2 atom stereocenters. The zero-order chi connectivity index (χ0) is 17.7. The van der Waals surface area contributed by atoms with Gasteiger partial charge in [0.1, 0.15) is 0 Å². The SMILES string of the molecule is O=C(O)C1C(=O)c2c(C3CNCCN3)cc(Cl)cc2N(C2CC2)C1=O. The van der Waals surface area contributed by atoms with Crippen LogP contribution in [0.4, 0.5) is 5.69 Å². The van der Waals surface area contributed by atoms with Gasteiger partial charge in [-0.2, -0.15) is 0 Å². The van der Waals surface area contributed by atoms with Crippen LogP contribution < -0.4 is 15.5 Å². The molecule has 0 aromatic heterocycles. The van der Waals surface area contributed by atoms with Gasteiger partial charge in [-0.25, -0.2) is 0 Å². The second kappa shape index (κ2) is 6.09. The summed E-state index contributed by atoms with van der Waals surface area (Å²) in [4.78, 5) is 38.7. The number of benzene rings is 1. The third-order valence-corrected chi connectivity index (χ3v) is 5.16. The number of hydrogen-bond donors (Lipinski definition) is 3. The quantitative estimate of drug-likeness (QED) is 0.692. The van der Waals surface area contributed by atoms with Gasteiger partial charge in [-0.05, 0) is 30.5 Å². The molecule has 8 heteroatoms. The maximum absolute atomic E-state index is 12.9. The number of nitrogens with zero attached hydrogens (tertiary/aromatic N) is 1. The molecule has 0 radical (unpaired) electrons. The summed E-state index contributed by atoms with van der Waals surface area (Å²) >= 11 is 6.27. The van der Waals surface area contributed by atoms with Crippen LogP contribution in [-0.4, -0.2) is 48.4 Å². The van der Waals surface area contributed by atoms with E-state index < -0.39 is 23.6 Å². The summed E-state index contributed by atoms with van der Waals surface area (Å²) < 4.78 is 0. The number of halogens is 1. The molecule has 1 saturated heterocycles. The Morgan fingerprint density at radius 2 is 2.00 bits per heavy atom. The number of carbonyl (C=O) groups excluding carboxylic acids is 2. The van der Waals surface area contributed by atoms with E-state index in [1.807, 2.05) is 0 Å². The average molecular weight is 364 g/mol. The zero-order valence-electron chi connectivity index (χ0n) is 13.4. The number of hydrogen-bond acceptors (Lipinski definition) is 5.